The summed E-state index contributed by atoms with van der Waals surface area (Å²) in [4.78, 5) is 30.4. The van der Waals surface area contributed by atoms with E-state index in [1.807, 2.05) is 48.5 Å². The predicted octanol–water partition coefficient (Wildman–Crippen LogP) is 6.63. The van der Waals surface area contributed by atoms with Crippen LogP contribution < -0.4 is 14.4 Å². The summed E-state index contributed by atoms with van der Waals surface area (Å²) in [6, 6.07) is 30.4. The van der Waals surface area contributed by atoms with Crippen LogP contribution in [-0.2, 0) is 32.6 Å². The highest BCUT2D eigenvalue weighted by Crippen LogP contribution is 2.31. The summed E-state index contributed by atoms with van der Waals surface area (Å²) in [5, 5.41) is 3.40. The summed E-state index contributed by atoms with van der Waals surface area (Å²) < 4.78 is 34.8. The smallest absolute Gasteiger partial charge is 0.264 e. The van der Waals surface area contributed by atoms with Crippen molar-refractivity contribution < 1.29 is 22.7 Å². The second kappa shape index (κ2) is 16.0. The van der Waals surface area contributed by atoms with Crippen LogP contribution in [0.15, 0.2) is 114 Å². The normalized spacial score (nSPS) is 14.2. The third-order valence-corrected chi connectivity index (χ3v) is 10.5. The average Bonchev–Trinajstić information content (AvgIpc) is 3.10. The molecule has 1 aliphatic carbocycles. The van der Waals surface area contributed by atoms with E-state index in [2.05, 4.69) is 5.32 Å². The molecule has 1 N–H and O–H groups in total. The third-order valence-electron chi connectivity index (χ3n) is 8.44. The Bertz CT molecular complexity index is 1750. The number of anilines is 1. The quantitative estimate of drug-likeness (QED) is 0.172. The van der Waals surface area contributed by atoms with Crippen molar-refractivity contribution in [3.8, 4) is 5.75 Å². The Kier molecular flexibility index (Phi) is 11.6. The molecule has 1 saturated carbocycles. The van der Waals surface area contributed by atoms with Gasteiger partial charge in [0.2, 0.25) is 11.8 Å². The van der Waals surface area contributed by atoms with Crippen molar-refractivity contribution in [1.82, 2.24) is 10.2 Å². The fraction of sp³-hybridized carbons (Fsp3) is 0.297. The molecule has 0 unspecified atom stereocenters. The summed E-state index contributed by atoms with van der Waals surface area (Å²) in [6.45, 7) is -0.527. The fourth-order valence-electron chi connectivity index (χ4n) is 5.95. The van der Waals surface area contributed by atoms with Gasteiger partial charge >= 0.3 is 0 Å². The fourth-order valence-corrected chi connectivity index (χ4v) is 7.69. The summed E-state index contributed by atoms with van der Waals surface area (Å²) in [5.41, 5.74) is 1.77. The number of carbonyl (C=O) groups excluding carboxylic acids is 2. The van der Waals surface area contributed by atoms with Gasteiger partial charge in [-0.15, -0.1) is 0 Å². The van der Waals surface area contributed by atoms with Crippen LogP contribution in [0.25, 0.3) is 0 Å². The van der Waals surface area contributed by atoms with Gasteiger partial charge in [-0.05, 0) is 60.4 Å². The Morgan fingerprint density at radius 2 is 1.49 bits per heavy atom. The lowest BCUT2D eigenvalue weighted by molar-refractivity contribution is -0.140. The lowest BCUT2D eigenvalue weighted by Gasteiger charge is -2.35. The SMILES string of the molecule is COc1cccc(CN(C(=O)CN(c2ccccc2Cl)S(=O)(=O)c2ccccc2)[C@@H](Cc2ccccc2)C(=O)NC2CCCCC2)c1. The molecule has 10 heteroatoms. The van der Waals surface area contributed by atoms with Crippen LogP contribution in [0, 0.1) is 0 Å². The largest absolute Gasteiger partial charge is 0.497 e. The van der Waals surface area contributed by atoms with E-state index in [1.54, 1.807) is 55.6 Å². The molecule has 1 atom stereocenters. The summed E-state index contributed by atoms with van der Waals surface area (Å²) in [7, 11) is -2.67. The molecular formula is C37H40ClN3O5S. The van der Waals surface area contributed by atoms with E-state index < -0.39 is 28.5 Å². The number of nitrogens with one attached hydrogen (secondary N) is 1. The summed E-state index contributed by atoms with van der Waals surface area (Å²) >= 11 is 6.56. The lowest BCUT2D eigenvalue weighted by Crippen LogP contribution is -2.55. The lowest BCUT2D eigenvalue weighted by atomic mass is 9.94. The minimum absolute atomic E-state index is 0.0152. The molecule has 1 aliphatic rings. The second-order valence-corrected chi connectivity index (χ2v) is 14.0. The van der Waals surface area contributed by atoms with E-state index >= 15 is 0 Å². The van der Waals surface area contributed by atoms with Gasteiger partial charge in [-0.3, -0.25) is 13.9 Å². The minimum Gasteiger partial charge on any atom is -0.497 e. The molecule has 2 amide bonds. The van der Waals surface area contributed by atoms with Crippen LogP contribution in [0.2, 0.25) is 5.02 Å². The van der Waals surface area contributed by atoms with Crippen LogP contribution in [0.1, 0.15) is 43.2 Å². The molecular weight excluding hydrogens is 634 g/mol. The first-order valence-corrected chi connectivity index (χ1v) is 17.7. The number of sulfonamides is 1. The van der Waals surface area contributed by atoms with Crippen molar-refractivity contribution >= 4 is 39.1 Å². The molecule has 0 aromatic heterocycles. The van der Waals surface area contributed by atoms with Crippen molar-refractivity contribution in [3.05, 3.63) is 125 Å². The van der Waals surface area contributed by atoms with Gasteiger partial charge in [0.25, 0.3) is 10.0 Å². The molecule has 5 rings (SSSR count). The highest BCUT2D eigenvalue weighted by molar-refractivity contribution is 7.92. The number of hydrogen-bond donors (Lipinski definition) is 1. The Morgan fingerprint density at radius 1 is 0.851 bits per heavy atom. The van der Waals surface area contributed by atoms with E-state index in [-0.39, 0.29) is 40.5 Å². The summed E-state index contributed by atoms with van der Waals surface area (Å²) in [5.74, 6) is -0.218. The molecule has 47 heavy (non-hydrogen) atoms. The predicted molar refractivity (Wildman–Crippen MR) is 185 cm³/mol. The van der Waals surface area contributed by atoms with Gasteiger partial charge in [-0.1, -0.05) is 104 Å². The number of amides is 2. The highest BCUT2D eigenvalue weighted by Gasteiger charge is 2.36. The minimum atomic E-state index is -4.24. The Labute approximate surface area is 282 Å². The maximum Gasteiger partial charge on any atom is 0.264 e. The number of halogens is 1. The van der Waals surface area contributed by atoms with E-state index in [4.69, 9.17) is 16.3 Å². The van der Waals surface area contributed by atoms with E-state index in [0.29, 0.717) is 5.75 Å². The van der Waals surface area contributed by atoms with Crippen molar-refractivity contribution in [1.29, 1.82) is 0 Å². The van der Waals surface area contributed by atoms with Crippen molar-refractivity contribution in [2.24, 2.45) is 0 Å². The van der Waals surface area contributed by atoms with Crippen LogP contribution >= 0.6 is 11.6 Å². The maximum atomic E-state index is 14.7. The zero-order valence-electron chi connectivity index (χ0n) is 26.4. The van der Waals surface area contributed by atoms with E-state index in [0.717, 1.165) is 47.5 Å². The Balaban J connectivity index is 1.57. The topological polar surface area (TPSA) is 96.0 Å². The standard InChI is InChI=1S/C37H40ClN3O5S/c1-46-31-19-13-16-29(24-31)26-40(35(25-28-14-5-2-6-15-28)37(43)39-30-17-7-3-8-18-30)36(42)27-41(34-23-12-11-22-33(34)38)47(44,45)32-20-9-4-10-21-32/h2,4-6,9-16,19-24,30,35H,3,7-8,17-18,25-27H2,1H3,(H,39,43)/t35-/m0/s1. The van der Waals surface area contributed by atoms with E-state index in [1.165, 1.54) is 17.0 Å². The second-order valence-electron chi connectivity index (χ2n) is 11.7. The number of benzene rings is 4. The van der Waals surface area contributed by atoms with Gasteiger partial charge in [0.05, 0.1) is 22.7 Å². The first-order chi connectivity index (χ1) is 22.8. The van der Waals surface area contributed by atoms with Gasteiger partial charge in [0, 0.05) is 19.0 Å². The number of nitrogens with zero attached hydrogens (tertiary/aromatic N) is 2. The monoisotopic (exact) mass is 673 g/mol. The van der Waals surface area contributed by atoms with Crippen LogP contribution in [0.5, 0.6) is 5.75 Å². The third kappa shape index (κ3) is 8.73. The molecule has 0 aliphatic heterocycles. The zero-order valence-corrected chi connectivity index (χ0v) is 28.0. The van der Waals surface area contributed by atoms with Crippen LogP contribution in [0.4, 0.5) is 5.69 Å². The zero-order chi connectivity index (χ0) is 33.2. The molecule has 4 aromatic carbocycles. The van der Waals surface area contributed by atoms with Crippen LogP contribution in [-0.4, -0.2) is 50.9 Å². The Hall–Kier alpha value is -4.34. The van der Waals surface area contributed by atoms with Gasteiger partial charge in [0.1, 0.15) is 18.3 Å². The van der Waals surface area contributed by atoms with Crippen molar-refractivity contribution in [2.45, 2.75) is 62.0 Å². The molecule has 1 fully saturated rings. The molecule has 0 spiro atoms. The molecule has 4 aromatic rings. The number of ether oxygens (including phenoxy) is 1. The molecule has 0 saturated heterocycles. The van der Waals surface area contributed by atoms with Crippen LogP contribution in [0.3, 0.4) is 0 Å². The number of carbonyl (C=O) groups is 2. The maximum absolute atomic E-state index is 14.7. The molecule has 0 heterocycles. The van der Waals surface area contributed by atoms with Gasteiger partial charge < -0.3 is 15.0 Å². The molecule has 246 valence electrons. The van der Waals surface area contributed by atoms with Crippen molar-refractivity contribution in [3.63, 3.8) is 0 Å². The number of para-hydroxylation sites is 1. The van der Waals surface area contributed by atoms with Gasteiger partial charge in [0.15, 0.2) is 0 Å². The molecule has 8 nitrogen and oxygen atoms in total. The Morgan fingerprint density at radius 3 is 2.17 bits per heavy atom. The number of rotatable bonds is 13. The molecule has 0 radical (unpaired) electrons. The first-order valence-electron chi connectivity index (χ1n) is 15.9. The number of methoxy groups -OCH3 is 1. The van der Waals surface area contributed by atoms with Gasteiger partial charge in [-0.2, -0.15) is 0 Å². The molecule has 0 bridgehead atoms. The summed E-state index contributed by atoms with van der Waals surface area (Å²) in [6.07, 6.45) is 5.20. The van der Waals surface area contributed by atoms with Gasteiger partial charge in [-0.25, -0.2) is 8.42 Å². The highest BCUT2D eigenvalue weighted by atomic mass is 35.5. The van der Waals surface area contributed by atoms with E-state index in [9.17, 15) is 18.0 Å². The van der Waals surface area contributed by atoms with Crippen molar-refractivity contribution in [2.75, 3.05) is 18.0 Å². The average molecular weight is 674 g/mol. The first kappa shape index (κ1) is 34.0. The number of hydrogen-bond acceptors (Lipinski definition) is 5.